The van der Waals surface area contributed by atoms with Crippen molar-refractivity contribution in [1.82, 2.24) is 14.7 Å². The van der Waals surface area contributed by atoms with Gasteiger partial charge in [0.15, 0.2) is 5.13 Å². The van der Waals surface area contributed by atoms with E-state index in [2.05, 4.69) is 20.0 Å². The van der Waals surface area contributed by atoms with Gasteiger partial charge < -0.3 is 5.32 Å². The first-order valence-corrected chi connectivity index (χ1v) is 11.7. The molecule has 3 rings (SSSR count). The van der Waals surface area contributed by atoms with Crippen LogP contribution < -0.4 is 10.0 Å². The van der Waals surface area contributed by atoms with Crippen LogP contribution in [0.4, 0.5) is 9.52 Å². The Bertz CT molecular complexity index is 1090. The molecule has 0 bridgehead atoms. The molecule has 0 saturated carbocycles. The minimum Gasteiger partial charge on any atom is -0.362 e. The summed E-state index contributed by atoms with van der Waals surface area (Å²) >= 11 is 1.27. The third kappa shape index (κ3) is 5.91. The Hall–Kier alpha value is -2.69. The third-order valence-electron chi connectivity index (χ3n) is 4.18. The Labute approximate surface area is 178 Å². The summed E-state index contributed by atoms with van der Waals surface area (Å²) in [5.41, 5.74) is 0.380. The van der Waals surface area contributed by atoms with Crippen LogP contribution in [0.15, 0.2) is 59.8 Å². The van der Waals surface area contributed by atoms with Gasteiger partial charge >= 0.3 is 0 Å². The zero-order chi connectivity index (χ0) is 21.4. The second-order valence-corrected chi connectivity index (χ2v) is 9.16. The second kappa shape index (κ2) is 10.4. The van der Waals surface area contributed by atoms with Gasteiger partial charge in [-0.1, -0.05) is 36.0 Å². The van der Waals surface area contributed by atoms with Gasteiger partial charge in [-0.2, -0.15) is 0 Å². The summed E-state index contributed by atoms with van der Waals surface area (Å²) in [5.74, 6) is -0.929. The van der Waals surface area contributed by atoms with Crippen molar-refractivity contribution in [2.24, 2.45) is 0 Å². The highest BCUT2D eigenvalue weighted by Crippen LogP contribution is 2.20. The molecule has 2 heterocycles. The summed E-state index contributed by atoms with van der Waals surface area (Å²) in [5, 5.41) is 3.81. The van der Waals surface area contributed by atoms with Gasteiger partial charge in [-0.25, -0.2) is 22.5 Å². The second-order valence-electron chi connectivity index (χ2n) is 6.39. The maximum absolute atomic E-state index is 13.6. The van der Waals surface area contributed by atoms with E-state index in [1.54, 1.807) is 24.4 Å². The minimum atomic E-state index is -3.84. The normalized spacial score (nSPS) is 11.4. The number of thiazole rings is 1. The Balaban J connectivity index is 1.36. The van der Waals surface area contributed by atoms with E-state index in [1.165, 1.54) is 35.7 Å². The van der Waals surface area contributed by atoms with Crippen LogP contribution in [0, 0.1) is 5.82 Å². The Kier molecular flexibility index (Phi) is 7.61. The quantitative estimate of drug-likeness (QED) is 0.344. The molecule has 0 saturated heterocycles. The number of nitrogens with zero attached hydrogens (tertiary/aromatic N) is 2. The lowest BCUT2D eigenvalue weighted by atomic mass is 10.2. The van der Waals surface area contributed by atoms with Crippen LogP contribution in [0.25, 0.3) is 0 Å². The summed E-state index contributed by atoms with van der Waals surface area (Å²) in [6.45, 7) is 0.876. The van der Waals surface area contributed by atoms with Crippen LogP contribution in [-0.2, 0) is 10.0 Å². The Morgan fingerprint density at radius 1 is 1.00 bits per heavy atom. The fourth-order valence-corrected chi connectivity index (χ4v) is 4.59. The van der Waals surface area contributed by atoms with Crippen LogP contribution >= 0.6 is 11.3 Å². The van der Waals surface area contributed by atoms with Crippen molar-refractivity contribution in [2.45, 2.75) is 24.2 Å². The number of aromatic nitrogens is 2. The van der Waals surface area contributed by atoms with Crippen molar-refractivity contribution in [1.29, 1.82) is 0 Å². The number of halogens is 1. The summed E-state index contributed by atoms with van der Waals surface area (Å²) < 4.78 is 40.2. The molecule has 0 aliphatic carbocycles. The van der Waals surface area contributed by atoms with Gasteiger partial charge in [-0.15, -0.1) is 0 Å². The summed E-state index contributed by atoms with van der Waals surface area (Å²) in [7, 11) is -3.84. The molecule has 0 spiro atoms. The van der Waals surface area contributed by atoms with Gasteiger partial charge in [0.1, 0.15) is 16.4 Å². The van der Waals surface area contributed by atoms with E-state index in [-0.39, 0.29) is 17.2 Å². The average molecular weight is 449 g/mol. The number of sulfonamides is 1. The zero-order valence-electron chi connectivity index (χ0n) is 16.0. The number of carbonyl (C=O) groups is 1. The number of rotatable bonds is 11. The lowest BCUT2D eigenvalue weighted by Gasteiger charge is -2.07. The average Bonchev–Trinajstić information content (AvgIpc) is 3.22. The number of benzene rings is 1. The first-order valence-electron chi connectivity index (χ1n) is 9.37. The molecule has 1 aromatic carbocycles. The molecule has 7 nitrogen and oxygen atoms in total. The maximum Gasteiger partial charge on any atom is 0.243 e. The number of carbonyl (C=O) groups excluding carboxylic acids is 1. The van der Waals surface area contributed by atoms with Crippen LogP contribution in [0.2, 0.25) is 0 Å². The monoisotopic (exact) mass is 448 g/mol. The molecule has 2 aromatic heterocycles. The summed E-state index contributed by atoms with van der Waals surface area (Å²) in [6.07, 6.45) is 5.30. The predicted molar refractivity (Wildman–Crippen MR) is 114 cm³/mol. The van der Waals surface area contributed by atoms with Crippen LogP contribution in [-0.4, -0.2) is 37.3 Å². The largest absolute Gasteiger partial charge is 0.362 e. The van der Waals surface area contributed by atoms with E-state index in [1.807, 2.05) is 0 Å². The van der Waals surface area contributed by atoms with Crippen molar-refractivity contribution in [3.63, 3.8) is 0 Å². The lowest BCUT2D eigenvalue weighted by Crippen LogP contribution is -2.25. The molecule has 2 N–H and O–H groups in total. The third-order valence-corrected chi connectivity index (χ3v) is 6.62. The number of hydrogen-bond acceptors (Lipinski definition) is 7. The van der Waals surface area contributed by atoms with E-state index >= 15 is 0 Å². The van der Waals surface area contributed by atoms with E-state index in [9.17, 15) is 17.6 Å². The number of nitrogens with one attached hydrogen (secondary N) is 2. The van der Waals surface area contributed by atoms with Crippen LogP contribution in [0.3, 0.4) is 0 Å². The molecule has 158 valence electrons. The first-order chi connectivity index (χ1) is 14.5. The predicted octanol–water partition coefficient (Wildman–Crippen LogP) is 3.47. The molecule has 0 fully saturated rings. The van der Waals surface area contributed by atoms with E-state index in [0.717, 1.165) is 18.9 Å². The number of unbranched alkanes of at least 4 members (excludes halogenated alkanes) is 2. The van der Waals surface area contributed by atoms with Crippen molar-refractivity contribution in [3.05, 3.63) is 71.2 Å². The van der Waals surface area contributed by atoms with E-state index in [4.69, 9.17) is 0 Å². The lowest BCUT2D eigenvalue weighted by molar-refractivity contribution is 0.103. The van der Waals surface area contributed by atoms with Gasteiger partial charge in [0.25, 0.3) is 0 Å². The van der Waals surface area contributed by atoms with E-state index in [0.29, 0.717) is 28.7 Å². The number of anilines is 1. The number of pyridine rings is 1. The molecule has 0 unspecified atom stereocenters. The van der Waals surface area contributed by atoms with Crippen molar-refractivity contribution in [2.75, 3.05) is 18.4 Å². The van der Waals surface area contributed by atoms with Crippen LogP contribution in [0.1, 0.15) is 34.6 Å². The van der Waals surface area contributed by atoms with Gasteiger partial charge in [0, 0.05) is 19.3 Å². The molecule has 0 aliphatic rings. The molecule has 0 radical (unpaired) electrons. The van der Waals surface area contributed by atoms with E-state index < -0.39 is 15.8 Å². The standard InChI is InChI=1S/C20H21FN4O3S2/c21-15-8-2-3-10-18(15)30(27,28)25-13-6-1-5-12-23-20-24-14-17(29-20)19(26)16-9-4-7-11-22-16/h2-4,7-11,14,25H,1,5-6,12-13H2,(H,23,24). The fourth-order valence-electron chi connectivity index (χ4n) is 2.65. The zero-order valence-corrected chi connectivity index (χ0v) is 17.7. The Morgan fingerprint density at radius 3 is 2.53 bits per heavy atom. The van der Waals surface area contributed by atoms with Gasteiger partial charge in [-0.3, -0.25) is 9.78 Å². The highest BCUT2D eigenvalue weighted by Gasteiger charge is 2.17. The van der Waals surface area contributed by atoms with Gasteiger partial charge in [0.2, 0.25) is 15.8 Å². The maximum atomic E-state index is 13.6. The minimum absolute atomic E-state index is 0.164. The first kappa shape index (κ1) is 22.0. The van der Waals surface area contributed by atoms with Gasteiger partial charge in [-0.05, 0) is 37.1 Å². The molecule has 0 amide bonds. The highest BCUT2D eigenvalue weighted by molar-refractivity contribution is 7.89. The Morgan fingerprint density at radius 2 is 1.77 bits per heavy atom. The molecule has 0 aliphatic heterocycles. The molecule has 0 atom stereocenters. The molecule has 10 heteroatoms. The number of hydrogen-bond donors (Lipinski definition) is 2. The number of ketones is 1. The van der Waals surface area contributed by atoms with Crippen LogP contribution in [0.5, 0.6) is 0 Å². The smallest absolute Gasteiger partial charge is 0.243 e. The van der Waals surface area contributed by atoms with Crippen molar-refractivity contribution < 1.29 is 17.6 Å². The highest BCUT2D eigenvalue weighted by atomic mass is 32.2. The molecule has 3 aromatic rings. The van der Waals surface area contributed by atoms with Gasteiger partial charge in [0.05, 0.1) is 11.1 Å². The van der Waals surface area contributed by atoms with Crippen molar-refractivity contribution in [3.8, 4) is 0 Å². The fraction of sp³-hybridized carbons (Fsp3) is 0.250. The molecular formula is C20H21FN4O3S2. The molecule has 30 heavy (non-hydrogen) atoms. The topological polar surface area (TPSA) is 101 Å². The molecular weight excluding hydrogens is 427 g/mol. The van der Waals surface area contributed by atoms with Crippen molar-refractivity contribution >= 4 is 32.3 Å². The SMILES string of the molecule is O=C(c1ccccn1)c1cnc(NCCCCCNS(=O)(=O)c2ccccc2F)s1. The summed E-state index contributed by atoms with van der Waals surface area (Å²) in [4.78, 5) is 20.7. The summed E-state index contributed by atoms with van der Waals surface area (Å²) in [6, 6.07) is 10.5.